The minimum absolute atomic E-state index is 0.0310. The molecule has 1 aromatic carbocycles. The van der Waals surface area contributed by atoms with Crippen LogP contribution >= 0.6 is 0 Å². The maximum Gasteiger partial charge on any atom is 0.345 e. The molecule has 24 heavy (non-hydrogen) atoms. The fourth-order valence-corrected chi connectivity index (χ4v) is 2.53. The van der Waals surface area contributed by atoms with Crippen molar-refractivity contribution in [1.29, 1.82) is 0 Å². The van der Waals surface area contributed by atoms with Crippen LogP contribution in [0, 0.1) is 0 Å². The third-order valence-electron chi connectivity index (χ3n) is 4.09. The number of carbonyl (C=O) groups is 3. The van der Waals surface area contributed by atoms with Gasteiger partial charge in [-0.3, -0.25) is 9.59 Å². The fourth-order valence-electron chi connectivity index (χ4n) is 2.53. The van der Waals surface area contributed by atoms with Crippen LogP contribution in [0.1, 0.15) is 12.5 Å². The van der Waals surface area contributed by atoms with Crippen molar-refractivity contribution < 1.29 is 29.0 Å². The lowest BCUT2D eigenvalue weighted by molar-refractivity contribution is -0.165. The summed E-state index contributed by atoms with van der Waals surface area (Å²) in [7, 11) is 2.61. The van der Waals surface area contributed by atoms with Gasteiger partial charge in [-0.05, 0) is 25.5 Å². The van der Waals surface area contributed by atoms with Gasteiger partial charge in [0, 0.05) is 37.7 Å². The maximum absolute atomic E-state index is 12.3. The van der Waals surface area contributed by atoms with E-state index in [-0.39, 0.29) is 12.5 Å². The lowest BCUT2D eigenvalue weighted by Crippen LogP contribution is -2.48. The van der Waals surface area contributed by atoms with Gasteiger partial charge in [-0.1, -0.05) is 6.07 Å². The minimum Gasteiger partial charge on any atom is -0.479 e. The average Bonchev–Trinajstić information content (AvgIpc) is 2.99. The van der Waals surface area contributed by atoms with E-state index in [9.17, 15) is 19.5 Å². The highest BCUT2D eigenvalue weighted by molar-refractivity contribution is 6.11. The lowest BCUT2D eigenvalue weighted by atomic mass is 10.0. The monoisotopic (exact) mass is 336 g/mol. The first-order valence-electron chi connectivity index (χ1n) is 7.36. The molecule has 2 amide bonds. The van der Waals surface area contributed by atoms with Gasteiger partial charge < -0.3 is 24.8 Å². The molecule has 2 rings (SSSR count). The van der Waals surface area contributed by atoms with Crippen LogP contribution in [0.4, 0.5) is 11.4 Å². The summed E-state index contributed by atoms with van der Waals surface area (Å²) < 4.78 is 9.72. The van der Waals surface area contributed by atoms with Gasteiger partial charge in [0.2, 0.25) is 5.60 Å². The van der Waals surface area contributed by atoms with E-state index in [1.165, 1.54) is 14.0 Å². The van der Waals surface area contributed by atoms with E-state index < -0.39 is 17.5 Å². The van der Waals surface area contributed by atoms with Crippen molar-refractivity contribution in [1.82, 2.24) is 0 Å². The number of methoxy groups -OCH3 is 2. The third kappa shape index (κ3) is 3.10. The first kappa shape index (κ1) is 17.9. The second kappa shape index (κ2) is 6.98. The number of hydrogen-bond donors (Lipinski definition) is 2. The molecule has 130 valence electrons. The number of anilines is 2. The average molecular weight is 336 g/mol. The fraction of sp³-hybridized carbons (Fsp3) is 0.438. The van der Waals surface area contributed by atoms with E-state index >= 15 is 0 Å². The molecule has 1 heterocycles. The molecular weight excluding hydrogens is 316 g/mol. The van der Waals surface area contributed by atoms with Crippen molar-refractivity contribution in [3.8, 4) is 0 Å². The summed E-state index contributed by atoms with van der Waals surface area (Å²) in [6.07, 6.45) is 0.554. The van der Waals surface area contributed by atoms with E-state index in [4.69, 9.17) is 9.47 Å². The summed E-state index contributed by atoms with van der Waals surface area (Å²) >= 11 is 0. The molecule has 0 bridgehead atoms. The van der Waals surface area contributed by atoms with Crippen LogP contribution in [0.25, 0.3) is 0 Å². The molecule has 0 fully saturated rings. The molecule has 0 saturated carbocycles. The summed E-state index contributed by atoms with van der Waals surface area (Å²) in [4.78, 5) is 37.2. The normalized spacial score (nSPS) is 15.5. The number of fused-ring (bicyclic) bond motifs is 1. The zero-order chi connectivity index (χ0) is 17.9. The second-order valence-electron chi connectivity index (χ2n) is 5.53. The van der Waals surface area contributed by atoms with E-state index in [0.717, 1.165) is 12.7 Å². The number of aliphatic carboxylic acids is 1. The smallest absolute Gasteiger partial charge is 0.345 e. The highest BCUT2D eigenvalue weighted by Crippen LogP contribution is 2.34. The topological polar surface area (TPSA) is 105 Å². The predicted molar refractivity (Wildman–Crippen MR) is 86.1 cm³/mol. The molecule has 0 aliphatic carbocycles. The Bertz CT molecular complexity index is 675. The number of nitrogens with zero attached hydrogens (tertiary/aromatic N) is 1. The SMILES string of the molecule is COCC(=O)N1CCc2c(NC(=O)C(C)(OC)C(=O)O)cccc21. The van der Waals surface area contributed by atoms with E-state index in [1.54, 1.807) is 23.1 Å². The van der Waals surface area contributed by atoms with Gasteiger partial charge in [0.05, 0.1) is 0 Å². The van der Waals surface area contributed by atoms with E-state index in [1.807, 2.05) is 0 Å². The lowest BCUT2D eigenvalue weighted by Gasteiger charge is -2.23. The van der Waals surface area contributed by atoms with Crippen molar-refractivity contribution >= 4 is 29.2 Å². The molecule has 1 unspecified atom stereocenters. The number of nitrogens with one attached hydrogen (secondary N) is 1. The van der Waals surface area contributed by atoms with Gasteiger partial charge in [0.15, 0.2) is 0 Å². The van der Waals surface area contributed by atoms with E-state index in [0.29, 0.717) is 24.3 Å². The van der Waals surface area contributed by atoms with Crippen molar-refractivity contribution in [2.45, 2.75) is 18.9 Å². The Balaban J connectivity index is 2.27. The van der Waals surface area contributed by atoms with Gasteiger partial charge in [-0.25, -0.2) is 4.79 Å². The number of benzene rings is 1. The third-order valence-corrected chi connectivity index (χ3v) is 4.09. The predicted octanol–water partition coefficient (Wildman–Crippen LogP) is 0.650. The summed E-state index contributed by atoms with van der Waals surface area (Å²) in [6, 6.07) is 5.13. The number of carboxylic acid groups (broad SMARTS) is 1. The van der Waals surface area contributed by atoms with Crippen molar-refractivity contribution in [3.05, 3.63) is 23.8 Å². The Morgan fingerprint density at radius 1 is 1.33 bits per heavy atom. The zero-order valence-corrected chi connectivity index (χ0v) is 13.8. The summed E-state index contributed by atoms with van der Waals surface area (Å²) in [5.41, 5.74) is -0.0643. The van der Waals surface area contributed by atoms with Crippen LogP contribution in [0.3, 0.4) is 0 Å². The maximum atomic E-state index is 12.3. The molecule has 0 spiro atoms. The number of carbonyl (C=O) groups excluding carboxylic acids is 2. The van der Waals surface area contributed by atoms with Crippen molar-refractivity contribution in [2.24, 2.45) is 0 Å². The van der Waals surface area contributed by atoms with Gasteiger partial charge in [0.25, 0.3) is 11.8 Å². The molecular formula is C16H20N2O6. The van der Waals surface area contributed by atoms with Crippen LogP contribution in [0.15, 0.2) is 18.2 Å². The van der Waals surface area contributed by atoms with Gasteiger partial charge in [0.1, 0.15) is 6.61 Å². The number of rotatable bonds is 6. The Labute approximate surface area is 139 Å². The van der Waals surface area contributed by atoms with Crippen LogP contribution in [0.2, 0.25) is 0 Å². The molecule has 0 radical (unpaired) electrons. The van der Waals surface area contributed by atoms with Crippen LogP contribution in [-0.4, -0.2) is 55.9 Å². The molecule has 1 atom stereocenters. The molecule has 1 aliphatic heterocycles. The largest absolute Gasteiger partial charge is 0.479 e. The quantitative estimate of drug-likeness (QED) is 0.739. The Hall–Kier alpha value is -2.45. The number of ether oxygens (including phenoxy) is 2. The number of amides is 2. The standard InChI is InChI=1S/C16H20N2O6/c1-16(24-3,15(21)22)14(20)17-11-5-4-6-12-10(11)7-8-18(12)13(19)9-23-2/h4-6H,7-9H2,1-3H3,(H,17,20)(H,21,22). The Morgan fingerprint density at radius 2 is 2.04 bits per heavy atom. The number of hydrogen-bond acceptors (Lipinski definition) is 5. The van der Waals surface area contributed by atoms with Gasteiger partial charge in [-0.2, -0.15) is 0 Å². The molecule has 1 aliphatic rings. The molecule has 1 aromatic rings. The van der Waals surface area contributed by atoms with Crippen LogP contribution in [0.5, 0.6) is 0 Å². The Kier molecular flexibility index (Phi) is 5.20. The molecule has 0 aromatic heterocycles. The summed E-state index contributed by atoms with van der Waals surface area (Å²) in [5, 5.41) is 11.8. The second-order valence-corrected chi connectivity index (χ2v) is 5.53. The van der Waals surface area contributed by atoms with Crippen LogP contribution in [-0.2, 0) is 30.3 Å². The minimum atomic E-state index is -1.99. The highest BCUT2D eigenvalue weighted by Gasteiger charge is 2.42. The number of carboxylic acids is 1. The Morgan fingerprint density at radius 3 is 2.62 bits per heavy atom. The highest BCUT2D eigenvalue weighted by atomic mass is 16.5. The van der Waals surface area contributed by atoms with Crippen molar-refractivity contribution in [2.75, 3.05) is 37.6 Å². The van der Waals surface area contributed by atoms with Crippen molar-refractivity contribution in [3.63, 3.8) is 0 Å². The van der Waals surface area contributed by atoms with E-state index in [2.05, 4.69) is 5.32 Å². The zero-order valence-electron chi connectivity index (χ0n) is 13.8. The first-order valence-corrected chi connectivity index (χ1v) is 7.36. The van der Waals surface area contributed by atoms with Crippen LogP contribution < -0.4 is 10.2 Å². The molecule has 0 saturated heterocycles. The summed E-state index contributed by atoms with van der Waals surface area (Å²) in [5.74, 6) is -2.34. The first-order chi connectivity index (χ1) is 11.3. The van der Waals surface area contributed by atoms with Gasteiger partial charge >= 0.3 is 5.97 Å². The van der Waals surface area contributed by atoms with Gasteiger partial charge in [-0.15, -0.1) is 0 Å². The molecule has 8 heteroatoms. The molecule has 2 N–H and O–H groups in total. The molecule has 8 nitrogen and oxygen atoms in total. The summed E-state index contributed by atoms with van der Waals surface area (Å²) in [6.45, 7) is 1.63.